The fourth-order valence-corrected chi connectivity index (χ4v) is 9.82. The van der Waals surface area contributed by atoms with Gasteiger partial charge < -0.3 is 9.84 Å². The average Bonchev–Trinajstić information content (AvgIpc) is 3.42. The molecule has 4 aliphatic rings. The van der Waals surface area contributed by atoms with E-state index < -0.39 is 5.60 Å². The van der Waals surface area contributed by atoms with Crippen LogP contribution >= 0.6 is 0 Å². The lowest BCUT2D eigenvalue weighted by Gasteiger charge is -2.63. The van der Waals surface area contributed by atoms with Gasteiger partial charge in [-0.3, -0.25) is 14.5 Å². The standard InChI is InChI=1S/C30H43N3O3/c1-28(35)11-12-30(13-15-36-3)21(16-28)4-5-22-23-6-7-25(29(23,2)10-8-24(22)30)27(34)19-33-18-20-9-14-31-17-26(20)32-33/h9,14,17-18,21-25,35H,4-8,10-13,15-16,19H2,1-3H3/t21-,22+,23+,24+,25-,28-,29+,30-/m1/s1. The van der Waals surface area contributed by atoms with Crippen LogP contribution in [0.5, 0.6) is 0 Å². The first-order valence-electron chi connectivity index (χ1n) is 14.3. The van der Waals surface area contributed by atoms with Crippen LogP contribution in [0.4, 0.5) is 0 Å². The van der Waals surface area contributed by atoms with Gasteiger partial charge in [0, 0.05) is 37.4 Å². The largest absolute Gasteiger partial charge is 0.390 e. The van der Waals surface area contributed by atoms with Crippen LogP contribution in [-0.4, -0.2) is 45.0 Å². The molecule has 0 aliphatic heterocycles. The third-order valence-corrected chi connectivity index (χ3v) is 11.5. The van der Waals surface area contributed by atoms with Crippen molar-refractivity contribution in [1.82, 2.24) is 14.8 Å². The monoisotopic (exact) mass is 493 g/mol. The summed E-state index contributed by atoms with van der Waals surface area (Å²) < 4.78 is 7.46. The molecule has 2 aromatic heterocycles. The van der Waals surface area contributed by atoms with Gasteiger partial charge in [0.2, 0.25) is 0 Å². The van der Waals surface area contributed by atoms with E-state index in [0.29, 0.717) is 41.4 Å². The van der Waals surface area contributed by atoms with Crippen LogP contribution in [0.1, 0.15) is 78.1 Å². The number of ketones is 1. The van der Waals surface area contributed by atoms with Crippen molar-refractivity contribution in [2.45, 2.75) is 90.2 Å². The van der Waals surface area contributed by atoms with Gasteiger partial charge in [-0.15, -0.1) is 0 Å². The fraction of sp³-hybridized carbons (Fsp3) is 0.767. The van der Waals surface area contributed by atoms with Gasteiger partial charge in [0.15, 0.2) is 5.78 Å². The highest BCUT2D eigenvalue weighted by atomic mass is 16.5. The number of hydrogen-bond donors (Lipinski definition) is 1. The molecule has 4 aliphatic carbocycles. The zero-order valence-electron chi connectivity index (χ0n) is 22.3. The molecular weight excluding hydrogens is 450 g/mol. The Bertz CT molecular complexity index is 1090. The number of aromatic nitrogens is 3. The van der Waals surface area contributed by atoms with E-state index in [0.717, 1.165) is 56.0 Å². The molecule has 6 heteroatoms. The quantitative estimate of drug-likeness (QED) is 0.581. The molecule has 0 aromatic carbocycles. The molecule has 36 heavy (non-hydrogen) atoms. The summed E-state index contributed by atoms with van der Waals surface area (Å²) in [6, 6.07) is 1.96. The van der Waals surface area contributed by atoms with Crippen LogP contribution in [0, 0.1) is 40.4 Å². The van der Waals surface area contributed by atoms with E-state index in [2.05, 4.69) is 17.0 Å². The second-order valence-electron chi connectivity index (χ2n) is 13.2. The number of hydrogen-bond acceptors (Lipinski definition) is 5. The zero-order valence-corrected chi connectivity index (χ0v) is 22.3. The van der Waals surface area contributed by atoms with E-state index in [-0.39, 0.29) is 11.3 Å². The van der Waals surface area contributed by atoms with Crippen molar-refractivity contribution >= 4 is 16.7 Å². The molecule has 1 N–H and O–H groups in total. The third kappa shape index (κ3) is 3.86. The topological polar surface area (TPSA) is 77.2 Å². The normalized spacial score (nSPS) is 42.1. The molecule has 4 saturated carbocycles. The minimum absolute atomic E-state index is 0.0990. The van der Waals surface area contributed by atoms with Gasteiger partial charge in [0.1, 0.15) is 5.52 Å². The third-order valence-electron chi connectivity index (χ3n) is 11.5. The van der Waals surface area contributed by atoms with E-state index in [1.807, 2.05) is 31.0 Å². The summed E-state index contributed by atoms with van der Waals surface area (Å²) in [5, 5.41) is 16.6. The Morgan fingerprint density at radius 2 is 2.00 bits per heavy atom. The lowest BCUT2D eigenvalue weighted by Crippen LogP contribution is -2.57. The van der Waals surface area contributed by atoms with E-state index in [1.165, 1.54) is 25.7 Å². The molecule has 0 saturated heterocycles. The summed E-state index contributed by atoms with van der Waals surface area (Å²) in [5.41, 5.74) is 0.733. The first kappa shape index (κ1) is 24.5. The molecule has 0 spiro atoms. The molecular formula is C30H43N3O3. The Morgan fingerprint density at radius 1 is 1.14 bits per heavy atom. The summed E-state index contributed by atoms with van der Waals surface area (Å²) in [5.74, 6) is 3.14. The molecule has 0 amide bonds. The molecule has 0 bridgehead atoms. The summed E-state index contributed by atoms with van der Waals surface area (Å²) in [4.78, 5) is 17.9. The number of pyridine rings is 1. The van der Waals surface area contributed by atoms with Gasteiger partial charge in [0.05, 0.1) is 18.3 Å². The second-order valence-corrected chi connectivity index (χ2v) is 13.2. The molecule has 2 aromatic rings. The number of methoxy groups -OCH3 is 1. The van der Waals surface area contributed by atoms with Crippen molar-refractivity contribution in [3.05, 3.63) is 24.7 Å². The number of carbonyl (C=O) groups is 1. The predicted molar refractivity (Wildman–Crippen MR) is 139 cm³/mol. The summed E-state index contributed by atoms with van der Waals surface area (Å²) in [7, 11) is 1.83. The maximum Gasteiger partial charge on any atom is 0.157 e. The van der Waals surface area contributed by atoms with E-state index in [1.54, 1.807) is 12.4 Å². The number of fused-ring (bicyclic) bond motifs is 6. The highest BCUT2D eigenvalue weighted by Gasteiger charge is 2.62. The number of rotatable bonds is 6. The van der Waals surface area contributed by atoms with Gasteiger partial charge in [0.25, 0.3) is 0 Å². The maximum absolute atomic E-state index is 13.7. The summed E-state index contributed by atoms with van der Waals surface area (Å²) in [6.45, 7) is 5.67. The van der Waals surface area contributed by atoms with Gasteiger partial charge in [-0.25, -0.2) is 0 Å². The number of aliphatic hydroxyl groups is 1. The van der Waals surface area contributed by atoms with Crippen molar-refractivity contribution in [1.29, 1.82) is 0 Å². The molecule has 6 nitrogen and oxygen atoms in total. The van der Waals surface area contributed by atoms with Gasteiger partial charge >= 0.3 is 0 Å². The number of nitrogens with zero attached hydrogens (tertiary/aromatic N) is 3. The SMILES string of the molecule is COCC[C@]12CC[C@@](C)(O)C[C@H]1CC[C@H]1[C@@H]3CC[C@H](C(=O)Cn4cc5ccncc5n4)[C@@]3(C)CC[C@@H]12. The Hall–Kier alpha value is -1.79. The van der Waals surface area contributed by atoms with E-state index >= 15 is 0 Å². The first-order valence-corrected chi connectivity index (χ1v) is 14.3. The van der Waals surface area contributed by atoms with Gasteiger partial charge in [-0.05, 0) is 112 Å². The Morgan fingerprint density at radius 3 is 2.81 bits per heavy atom. The summed E-state index contributed by atoms with van der Waals surface area (Å²) >= 11 is 0. The number of ether oxygens (including phenoxy) is 1. The van der Waals surface area contributed by atoms with Crippen LogP contribution in [0.2, 0.25) is 0 Å². The van der Waals surface area contributed by atoms with Crippen molar-refractivity contribution in [3.8, 4) is 0 Å². The van der Waals surface area contributed by atoms with Crippen molar-refractivity contribution in [2.24, 2.45) is 40.4 Å². The minimum atomic E-state index is -0.518. The smallest absolute Gasteiger partial charge is 0.157 e. The highest BCUT2D eigenvalue weighted by molar-refractivity contribution is 5.83. The lowest BCUT2D eigenvalue weighted by atomic mass is 9.42. The highest BCUT2D eigenvalue weighted by Crippen LogP contribution is 2.69. The Labute approximate surface area is 215 Å². The van der Waals surface area contributed by atoms with Crippen LogP contribution in [0.25, 0.3) is 10.9 Å². The molecule has 196 valence electrons. The maximum atomic E-state index is 13.7. The molecule has 4 fully saturated rings. The average molecular weight is 494 g/mol. The van der Waals surface area contributed by atoms with Gasteiger partial charge in [-0.2, -0.15) is 5.10 Å². The summed E-state index contributed by atoms with van der Waals surface area (Å²) in [6.07, 6.45) is 16.7. The van der Waals surface area contributed by atoms with Crippen LogP contribution in [0.15, 0.2) is 24.7 Å². The molecule has 0 radical (unpaired) electrons. The fourth-order valence-electron chi connectivity index (χ4n) is 9.82. The number of Topliss-reactive ketones (excluding diaryl/α,β-unsaturated/α-hetero) is 1. The van der Waals surface area contributed by atoms with Crippen LogP contribution < -0.4 is 0 Å². The Kier molecular flexibility index (Phi) is 6.07. The van der Waals surface area contributed by atoms with E-state index in [9.17, 15) is 9.90 Å². The predicted octanol–water partition coefficient (Wildman–Crippen LogP) is 5.43. The van der Waals surface area contributed by atoms with Crippen molar-refractivity contribution in [2.75, 3.05) is 13.7 Å². The molecule has 2 heterocycles. The van der Waals surface area contributed by atoms with Crippen molar-refractivity contribution < 1.29 is 14.6 Å². The van der Waals surface area contributed by atoms with Crippen LogP contribution in [-0.2, 0) is 16.1 Å². The van der Waals surface area contributed by atoms with Gasteiger partial charge in [-0.1, -0.05) is 6.92 Å². The van der Waals surface area contributed by atoms with E-state index in [4.69, 9.17) is 4.74 Å². The molecule has 6 rings (SSSR count). The lowest BCUT2D eigenvalue weighted by molar-refractivity contribution is -0.163. The Balaban J connectivity index is 1.22. The minimum Gasteiger partial charge on any atom is -0.390 e. The molecule has 0 unspecified atom stereocenters. The first-order chi connectivity index (χ1) is 17.3. The van der Waals surface area contributed by atoms with Crippen molar-refractivity contribution in [3.63, 3.8) is 0 Å². The van der Waals surface area contributed by atoms with Crippen LogP contribution in [0.3, 0.4) is 0 Å². The number of carbonyl (C=O) groups excluding carboxylic acids is 1. The second kappa shape index (κ2) is 8.90. The zero-order chi connectivity index (χ0) is 25.1. The molecule has 8 atom stereocenters.